The molecule has 0 radical (unpaired) electrons. The van der Waals surface area contributed by atoms with Crippen LogP contribution >= 0.6 is 0 Å². The summed E-state index contributed by atoms with van der Waals surface area (Å²) < 4.78 is 2.19. The van der Waals surface area contributed by atoms with Gasteiger partial charge in [0, 0.05) is 45.0 Å². The molecule has 0 N–H and O–H groups in total. The Labute approximate surface area is 244 Å². The van der Waals surface area contributed by atoms with Crippen LogP contribution in [-0.4, -0.2) is 27.8 Å². The summed E-state index contributed by atoms with van der Waals surface area (Å²) in [7, 11) is 0. The molecule has 4 aromatic carbocycles. The lowest BCUT2D eigenvalue weighted by Gasteiger charge is -2.07. The second-order valence-electron chi connectivity index (χ2n) is 10.9. The third kappa shape index (κ3) is 5.40. The number of carbonyl (C=O) groups excluding carboxylic acids is 3. The highest BCUT2D eigenvalue weighted by molar-refractivity contribution is 6.46. The van der Waals surface area contributed by atoms with E-state index >= 15 is 0 Å². The van der Waals surface area contributed by atoms with E-state index < -0.39 is 5.97 Å². The Kier molecular flexibility index (Phi) is 7.53. The maximum absolute atomic E-state index is 13.8. The van der Waals surface area contributed by atoms with Gasteiger partial charge in [0.1, 0.15) is 5.71 Å². The first kappa shape index (κ1) is 27.3. The van der Waals surface area contributed by atoms with Gasteiger partial charge in [0.2, 0.25) is 5.78 Å². The lowest BCUT2D eigenvalue weighted by Crippen LogP contribution is -2.16. The molecule has 0 amide bonds. The maximum atomic E-state index is 13.8. The molecule has 1 aliphatic carbocycles. The molecule has 0 atom stereocenters. The first-order valence-corrected chi connectivity index (χ1v) is 14.5. The molecule has 0 unspecified atom stereocenters. The Morgan fingerprint density at radius 3 is 2.12 bits per heavy atom. The highest BCUT2D eigenvalue weighted by Crippen LogP contribution is 2.34. The monoisotopic (exact) mass is 556 g/mol. The van der Waals surface area contributed by atoms with E-state index in [0.29, 0.717) is 34.6 Å². The zero-order valence-corrected chi connectivity index (χ0v) is 23.8. The van der Waals surface area contributed by atoms with Crippen LogP contribution in [0.5, 0.6) is 0 Å². The molecular weight excluding hydrogens is 524 g/mol. The van der Waals surface area contributed by atoms with E-state index in [9.17, 15) is 14.4 Å². The number of nitrogens with zero attached hydrogens (tertiary/aromatic N) is 2. The molecule has 1 fully saturated rings. The summed E-state index contributed by atoms with van der Waals surface area (Å²) in [5, 5.41) is 5.89. The molecule has 0 saturated heterocycles. The van der Waals surface area contributed by atoms with Gasteiger partial charge in [0.25, 0.3) is 0 Å². The van der Waals surface area contributed by atoms with Crippen molar-refractivity contribution in [3.05, 3.63) is 119 Å². The predicted octanol–water partition coefficient (Wildman–Crippen LogP) is 7.94. The zero-order chi connectivity index (χ0) is 29.2. The molecule has 1 heterocycles. The van der Waals surface area contributed by atoms with Gasteiger partial charge in [-0.2, -0.15) is 0 Å². The fraction of sp³-hybridized carbons (Fsp3) is 0.222. The van der Waals surface area contributed by atoms with Crippen molar-refractivity contribution in [2.45, 2.75) is 46.1 Å². The Morgan fingerprint density at radius 1 is 0.810 bits per heavy atom. The number of hydrogen-bond acceptors (Lipinski definition) is 5. The zero-order valence-electron chi connectivity index (χ0n) is 23.8. The van der Waals surface area contributed by atoms with Gasteiger partial charge in [0.05, 0.1) is 5.56 Å². The molecule has 0 bridgehead atoms. The number of Topliss-reactive ketones (excluding diaryl/α,β-unsaturated/α-hetero) is 1. The number of hydrogen-bond donors (Lipinski definition) is 0. The first-order chi connectivity index (χ1) is 20.4. The van der Waals surface area contributed by atoms with Gasteiger partial charge < -0.3 is 9.40 Å². The minimum Gasteiger partial charge on any atom is -0.341 e. The van der Waals surface area contributed by atoms with Crippen LogP contribution < -0.4 is 0 Å². The number of fused-ring (bicyclic) bond motifs is 3. The average Bonchev–Trinajstić information content (AvgIpc) is 3.81. The fourth-order valence-electron chi connectivity index (χ4n) is 5.55. The van der Waals surface area contributed by atoms with Crippen LogP contribution in [-0.2, 0) is 11.4 Å². The summed E-state index contributed by atoms with van der Waals surface area (Å²) in [5.41, 5.74) is 5.27. The van der Waals surface area contributed by atoms with Gasteiger partial charge in [-0.3, -0.25) is 9.59 Å². The third-order valence-electron chi connectivity index (χ3n) is 8.09. The van der Waals surface area contributed by atoms with Crippen molar-refractivity contribution in [1.29, 1.82) is 0 Å². The summed E-state index contributed by atoms with van der Waals surface area (Å²) in [4.78, 5) is 45.0. The highest BCUT2D eigenvalue weighted by atomic mass is 16.7. The summed E-state index contributed by atoms with van der Waals surface area (Å²) in [6, 6.07) is 27.6. The quantitative estimate of drug-likeness (QED) is 0.0757. The normalized spacial score (nSPS) is 13.4. The number of carbonyl (C=O) groups is 3. The van der Waals surface area contributed by atoms with E-state index in [-0.39, 0.29) is 17.3 Å². The Morgan fingerprint density at radius 2 is 1.45 bits per heavy atom. The van der Waals surface area contributed by atoms with E-state index in [1.807, 2.05) is 67.6 Å². The number of rotatable bonds is 10. The molecule has 0 spiro atoms. The van der Waals surface area contributed by atoms with Crippen LogP contribution in [0.15, 0.2) is 96.2 Å². The van der Waals surface area contributed by atoms with E-state index in [1.165, 1.54) is 0 Å². The van der Waals surface area contributed by atoms with Crippen molar-refractivity contribution in [3.63, 3.8) is 0 Å². The van der Waals surface area contributed by atoms with E-state index in [2.05, 4.69) is 16.6 Å². The van der Waals surface area contributed by atoms with Crippen LogP contribution in [0.1, 0.15) is 74.8 Å². The number of benzene rings is 4. The molecule has 1 aliphatic rings. The van der Waals surface area contributed by atoms with Crippen LogP contribution in [0.2, 0.25) is 0 Å². The van der Waals surface area contributed by atoms with Crippen molar-refractivity contribution >= 4 is 45.1 Å². The molecule has 1 saturated carbocycles. The SMILES string of the molecule is CCn1c2ccc(C(=O)C(CCC3CC3)=NOC(=O)c3ccccc3)cc2c2cc(C(=O)c3ccccc3C)ccc21. The number of aromatic nitrogens is 1. The minimum absolute atomic E-state index is 0.0330. The Bertz CT molecular complexity index is 1860. The molecular formula is C36H32N2O4. The first-order valence-electron chi connectivity index (χ1n) is 14.5. The Balaban J connectivity index is 1.37. The van der Waals surface area contributed by atoms with Gasteiger partial charge in [-0.05, 0) is 86.7 Å². The van der Waals surface area contributed by atoms with Crippen molar-refractivity contribution in [1.82, 2.24) is 4.57 Å². The van der Waals surface area contributed by atoms with Crippen LogP contribution in [0.4, 0.5) is 0 Å². The number of oxime groups is 1. The summed E-state index contributed by atoms with van der Waals surface area (Å²) >= 11 is 0. The number of ketones is 2. The summed E-state index contributed by atoms with van der Waals surface area (Å²) in [5.74, 6) is -0.306. The largest absolute Gasteiger partial charge is 0.365 e. The highest BCUT2D eigenvalue weighted by Gasteiger charge is 2.25. The topological polar surface area (TPSA) is 77.7 Å². The van der Waals surface area contributed by atoms with Crippen LogP contribution in [0.3, 0.4) is 0 Å². The molecule has 6 rings (SSSR count). The average molecular weight is 557 g/mol. The van der Waals surface area contributed by atoms with Crippen LogP contribution in [0.25, 0.3) is 21.8 Å². The van der Waals surface area contributed by atoms with Crippen molar-refractivity contribution in [2.75, 3.05) is 0 Å². The number of aryl methyl sites for hydroxylation is 2. The third-order valence-corrected chi connectivity index (χ3v) is 8.09. The van der Waals surface area contributed by atoms with E-state index in [0.717, 1.165) is 53.2 Å². The molecule has 6 nitrogen and oxygen atoms in total. The van der Waals surface area contributed by atoms with Gasteiger partial charge >= 0.3 is 5.97 Å². The minimum atomic E-state index is -0.598. The van der Waals surface area contributed by atoms with Crippen molar-refractivity contribution in [2.24, 2.45) is 11.1 Å². The standard InChI is InChI=1S/C36H32N2O4/c1-3-38-32-19-16-26(34(39)28-12-8-7-9-23(28)2)21-29(32)30-22-27(17-20-33(30)38)35(40)31(18-15-24-13-14-24)37-42-36(41)25-10-5-4-6-11-25/h4-12,16-17,19-22,24H,3,13-15,18H2,1-2H3. The molecule has 6 heteroatoms. The summed E-state index contributed by atoms with van der Waals surface area (Å²) in [6.45, 7) is 4.75. The molecule has 5 aromatic rings. The second-order valence-corrected chi connectivity index (χ2v) is 10.9. The maximum Gasteiger partial charge on any atom is 0.365 e. The van der Waals surface area contributed by atoms with Gasteiger partial charge in [-0.1, -0.05) is 60.5 Å². The van der Waals surface area contributed by atoms with Crippen molar-refractivity contribution < 1.29 is 19.2 Å². The Hall–Kier alpha value is -4.84. The van der Waals surface area contributed by atoms with Gasteiger partial charge in [-0.15, -0.1) is 0 Å². The lowest BCUT2D eigenvalue weighted by molar-refractivity contribution is 0.0514. The predicted molar refractivity (Wildman–Crippen MR) is 165 cm³/mol. The molecule has 0 aliphatic heterocycles. The van der Waals surface area contributed by atoms with Crippen molar-refractivity contribution in [3.8, 4) is 0 Å². The molecule has 210 valence electrons. The van der Waals surface area contributed by atoms with Crippen LogP contribution in [0, 0.1) is 12.8 Å². The van der Waals surface area contributed by atoms with E-state index in [1.54, 1.807) is 30.3 Å². The van der Waals surface area contributed by atoms with E-state index in [4.69, 9.17) is 4.84 Å². The second kappa shape index (κ2) is 11.6. The lowest BCUT2D eigenvalue weighted by atomic mass is 9.97. The van der Waals surface area contributed by atoms with Gasteiger partial charge in [0.15, 0.2) is 5.78 Å². The fourth-order valence-corrected chi connectivity index (χ4v) is 5.55. The molecule has 1 aromatic heterocycles. The smallest absolute Gasteiger partial charge is 0.341 e. The molecule has 42 heavy (non-hydrogen) atoms. The summed E-state index contributed by atoms with van der Waals surface area (Å²) in [6.07, 6.45) is 3.57. The van der Waals surface area contributed by atoms with Gasteiger partial charge in [-0.25, -0.2) is 4.79 Å².